The van der Waals surface area contributed by atoms with Crippen molar-refractivity contribution >= 4 is 11.6 Å². The molecule has 2 N–H and O–H groups in total. The van der Waals surface area contributed by atoms with Crippen LogP contribution < -0.4 is 5.32 Å². The number of aromatic nitrogens is 2. The molecule has 0 aliphatic carbocycles. The van der Waals surface area contributed by atoms with Gasteiger partial charge in [0.2, 0.25) is 5.69 Å². The molecule has 1 aromatic heterocycles. The molecule has 1 heterocycles. The van der Waals surface area contributed by atoms with Crippen LogP contribution in [0, 0.1) is 10.1 Å². The van der Waals surface area contributed by atoms with E-state index in [0.29, 0.717) is 6.54 Å². The van der Waals surface area contributed by atoms with Crippen LogP contribution in [0.15, 0.2) is 6.20 Å². The molecule has 1 rings (SSSR count). The van der Waals surface area contributed by atoms with Gasteiger partial charge in [0, 0.05) is 6.54 Å². The fourth-order valence-electron chi connectivity index (χ4n) is 1.27. The number of carbonyl (C=O) groups excluding carboxylic acids is 1. The van der Waals surface area contributed by atoms with E-state index in [1.54, 1.807) is 0 Å². The number of carbonyl (C=O) groups is 1. The summed E-state index contributed by atoms with van der Waals surface area (Å²) in [7, 11) is 3.86. The summed E-state index contributed by atoms with van der Waals surface area (Å²) < 4.78 is 0. The number of rotatable bonds is 6. The van der Waals surface area contributed by atoms with Crippen LogP contribution in [-0.4, -0.2) is 53.1 Å². The van der Waals surface area contributed by atoms with Gasteiger partial charge in [0.25, 0.3) is 5.91 Å². The minimum atomic E-state index is -0.641. The van der Waals surface area contributed by atoms with Crippen LogP contribution in [0.4, 0.5) is 5.69 Å². The molecule has 0 radical (unpaired) electrons. The molecule has 8 heteroatoms. The Bertz CT molecular complexity index is 401. The molecule has 1 amide bonds. The van der Waals surface area contributed by atoms with E-state index >= 15 is 0 Å². The van der Waals surface area contributed by atoms with E-state index in [9.17, 15) is 14.9 Å². The highest BCUT2D eigenvalue weighted by Crippen LogP contribution is 2.13. The maximum atomic E-state index is 11.6. The predicted octanol–water partition coefficient (Wildman–Crippen LogP) is -0.000600. The van der Waals surface area contributed by atoms with Crippen LogP contribution in [0.1, 0.15) is 16.9 Å². The maximum Gasteiger partial charge on any atom is 0.319 e. The van der Waals surface area contributed by atoms with Crippen molar-refractivity contribution in [1.82, 2.24) is 20.4 Å². The standard InChI is InChI=1S/C9H15N5O3/c1-13(2)5-3-4-10-9(15)8-7(14(16)17)6-11-12-8/h6H,3-5H2,1-2H3,(H,10,15)(H,11,12). The van der Waals surface area contributed by atoms with E-state index in [2.05, 4.69) is 15.5 Å². The molecule has 0 bridgehead atoms. The Hall–Kier alpha value is -1.96. The minimum Gasteiger partial charge on any atom is -0.350 e. The normalized spacial score (nSPS) is 10.5. The van der Waals surface area contributed by atoms with Gasteiger partial charge in [-0.3, -0.25) is 20.0 Å². The third kappa shape index (κ3) is 3.83. The van der Waals surface area contributed by atoms with Gasteiger partial charge >= 0.3 is 5.69 Å². The second kappa shape index (κ2) is 5.94. The number of hydrogen-bond donors (Lipinski definition) is 2. The molecule has 0 fully saturated rings. The first-order chi connectivity index (χ1) is 8.02. The molecule has 0 atom stereocenters. The largest absolute Gasteiger partial charge is 0.350 e. The number of amides is 1. The summed E-state index contributed by atoms with van der Waals surface area (Å²) in [4.78, 5) is 23.5. The van der Waals surface area contributed by atoms with E-state index in [0.717, 1.165) is 19.2 Å². The van der Waals surface area contributed by atoms with Crippen molar-refractivity contribution in [3.8, 4) is 0 Å². The third-order valence-corrected chi connectivity index (χ3v) is 2.11. The SMILES string of the molecule is CN(C)CCCNC(=O)c1[nH]ncc1[N+](=O)[O-]. The molecule has 0 aromatic carbocycles. The van der Waals surface area contributed by atoms with Crippen molar-refractivity contribution in [3.63, 3.8) is 0 Å². The van der Waals surface area contributed by atoms with E-state index < -0.39 is 10.8 Å². The highest BCUT2D eigenvalue weighted by atomic mass is 16.6. The fourth-order valence-corrected chi connectivity index (χ4v) is 1.27. The van der Waals surface area contributed by atoms with Crippen molar-refractivity contribution in [2.45, 2.75) is 6.42 Å². The average molecular weight is 241 g/mol. The van der Waals surface area contributed by atoms with Gasteiger partial charge in [-0.25, -0.2) is 0 Å². The molecule has 0 spiro atoms. The molecule has 94 valence electrons. The first-order valence-corrected chi connectivity index (χ1v) is 5.13. The van der Waals surface area contributed by atoms with E-state index in [4.69, 9.17) is 0 Å². The molecule has 0 unspecified atom stereocenters. The number of aromatic amines is 1. The highest BCUT2D eigenvalue weighted by Gasteiger charge is 2.22. The Kier molecular flexibility index (Phi) is 4.58. The Morgan fingerprint density at radius 3 is 2.94 bits per heavy atom. The molecule has 0 saturated carbocycles. The van der Waals surface area contributed by atoms with Crippen molar-refractivity contribution in [2.75, 3.05) is 27.2 Å². The topological polar surface area (TPSA) is 104 Å². The first-order valence-electron chi connectivity index (χ1n) is 5.13. The Labute approximate surface area is 98.1 Å². The van der Waals surface area contributed by atoms with Gasteiger partial charge in [-0.1, -0.05) is 0 Å². The van der Waals surface area contributed by atoms with E-state index in [-0.39, 0.29) is 11.4 Å². The number of nitrogens with zero attached hydrogens (tertiary/aromatic N) is 3. The van der Waals surface area contributed by atoms with Crippen LogP contribution in [0.2, 0.25) is 0 Å². The lowest BCUT2D eigenvalue weighted by molar-refractivity contribution is -0.385. The summed E-state index contributed by atoms with van der Waals surface area (Å²) in [5.74, 6) is -0.507. The smallest absolute Gasteiger partial charge is 0.319 e. The Morgan fingerprint density at radius 1 is 1.65 bits per heavy atom. The van der Waals surface area contributed by atoms with Gasteiger partial charge < -0.3 is 10.2 Å². The Balaban J connectivity index is 2.47. The summed E-state index contributed by atoms with van der Waals surface area (Å²) >= 11 is 0. The molecule has 1 aromatic rings. The summed E-state index contributed by atoms with van der Waals surface area (Å²) in [6, 6.07) is 0. The van der Waals surface area contributed by atoms with Gasteiger partial charge in [-0.2, -0.15) is 5.10 Å². The molecular weight excluding hydrogens is 226 g/mol. The van der Waals surface area contributed by atoms with Gasteiger partial charge in [0.05, 0.1) is 4.92 Å². The molecule has 0 aliphatic heterocycles. The summed E-state index contributed by atoms with van der Waals surface area (Å²) in [5, 5.41) is 19.0. The van der Waals surface area contributed by atoms with Crippen molar-refractivity contribution in [1.29, 1.82) is 0 Å². The average Bonchev–Trinajstić information content (AvgIpc) is 2.72. The Morgan fingerprint density at radius 2 is 2.35 bits per heavy atom. The quantitative estimate of drug-likeness (QED) is 0.414. The van der Waals surface area contributed by atoms with E-state index in [1.807, 2.05) is 19.0 Å². The predicted molar refractivity (Wildman–Crippen MR) is 60.7 cm³/mol. The molecular formula is C9H15N5O3. The second-order valence-corrected chi connectivity index (χ2v) is 3.80. The van der Waals surface area contributed by atoms with Gasteiger partial charge in [-0.15, -0.1) is 0 Å². The van der Waals surface area contributed by atoms with Crippen LogP contribution in [0.5, 0.6) is 0 Å². The lowest BCUT2D eigenvalue weighted by Gasteiger charge is -2.09. The second-order valence-electron chi connectivity index (χ2n) is 3.80. The molecule has 0 saturated heterocycles. The maximum absolute atomic E-state index is 11.6. The van der Waals surface area contributed by atoms with Crippen molar-refractivity contribution in [3.05, 3.63) is 22.0 Å². The van der Waals surface area contributed by atoms with Crippen LogP contribution in [-0.2, 0) is 0 Å². The zero-order valence-electron chi connectivity index (χ0n) is 9.77. The number of nitro groups is 1. The highest BCUT2D eigenvalue weighted by molar-refractivity contribution is 5.95. The third-order valence-electron chi connectivity index (χ3n) is 2.11. The van der Waals surface area contributed by atoms with Gasteiger partial charge in [0.15, 0.2) is 0 Å². The summed E-state index contributed by atoms with van der Waals surface area (Å²) in [6.07, 6.45) is 1.80. The summed E-state index contributed by atoms with van der Waals surface area (Å²) in [6.45, 7) is 1.30. The van der Waals surface area contributed by atoms with Crippen LogP contribution in [0.25, 0.3) is 0 Å². The van der Waals surface area contributed by atoms with Crippen LogP contribution in [0.3, 0.4) is 0 Å². The number of hydrogen-bond acceptors (Lipinski definition) is 5. The monoisotopic (exact) mass is 241 g/mol. The molecule has 17 heavy (non-hydrogen) atoms. The number of H-pyrrole nitrogens is 1. The molecule has 0 aliphatic rings. The zero-order chi connectivity index (χ0) is 12.8. The zero-order valence-corrected chi connectivity index (χ0v) is 9.77. The van der Waals surface area contributed by atoms with Gasteiger partial charge in [-0.05, 0) is 27.1 Å². The van der Waals surface area contributed by atoms with Gasteiger partial charge in [0.1, 0.15) is 6.20 Å². The first kappa shape index (κ1) is 13.1. The summed E-state index contributed by atoms with van der Waals surface area (Å²) in [5.41, 5.74) is -0.421. The number of nitrogens with one attached hydrogen (secondary N) is 2. The minimum absolute atomic E-state index is 0.111. The lowest BCUT2D eigenvalue weighted by atomic mass is 10.3. The lowest BCUT2D eigenvalue weighted by Crippen LogP contribution is -2.27. The van der Waals surface area contributed by atoms with E-state index in [1.165, 1.54) is 0 Å². The fraction of sp³-hybridized carbons (Fsp3) is 0.556. The van der Waals surface area contributed by atoms with Crippen LogP contribution >= 0.6 is 0 Å². The molecule has 8 nitrogen and oxygen atoms in total. The van der Waals surface area contributed by atoms with Crippen molar-refractivity contribution in [2.24, 2.45) is 0 Å². The van der Waals surface area contributed by atoms with Crippen molar-refractivity contribution < 1.29 is 9.72 Å².